The van der Waals surface area contributed by atoms with Crippen LogP contribution in [0.2, 0.25) is 0 Å². The molecule has 0 spiro atoms. The Labute approximate surface area is 189 Å². The molecule has 0 aliphatic carbocycles. The van der Waals surface area contributed by atoms with Crippen molar-refractivity contribution in [3.63, 3.8) is 0 Å². The molecule has 2 aliphatic rings. The summed E-state index contributed by atoms with van der Waals surface area (Å²) in [6.07, 6.45) is 2.91. The number of anilines is 1. The highest BCUT2D eigenvalue weighted by Crippen LogP contribution is 2.38. The van der Waals surface area contributed by atoms with Crippen LogP contribution < -0.4 is 14.8 Å². The van der Waals surface area contributed by atoms with E-state index in [0.29, 0.717) is 19.8 Å². The predicted octanol–water partition coefficient (Wildman–Crippen LogP) is 4.82. The summed E-state index contributed by atoms with van der Waals surface area (Å²) in [4.78, 5) is 15.2. The van der Waals surface area contributed by atoms with Gasteiger partial charge in [-0.3, -0.25) is 9.69 Å². The maximum Gasteiger partial charge on any atom is 0.238 e. The van der Waals surface area contributed by atoms with E-state index in [0.717, 1.165) is 48.6 Å². The van der Waals surface area contributed by atoms with Crippen molar-refractivity contribution in [3.05, 3.63) is 89.5 Å². The number of hydrogen-bond acceptors (Lipinski definition) is 4. The molecule has 3 aromatic carbocycles. The van der Waals surface area contributed by atoms with Gasteiger partial charge in [-0.1, -0.05) is 54.6 Å². The minimum atomic E-state index is 0.0231. The minimum absolute atomic E-state index is 0.0231. The van der Waals surface area contributed by atoms with Gasteiger partial charge in [-0.2, -0.15) is 0 Å². The van der Waals surface area contributed by atoms with Crippen LogP contribution in [0.25, 0.3) is 0 Å². The van der Waals surface area contributed by atoms with Crippen LogP contribution in [-0.2, 0) is 11.2 Å². The first kappa shape index (κ1) is 20.6. The van der Waals surface area contributed by atoms with Gasteiger partial charge in [0.1, 0.15) is 13.2 Å². The van der Waals surface area contributed by atoms with Crippen molar-refractivity contribution in [2.24, 2.45) is 0 Å². The standard InChI is InChI=1S/C27H28N2O3/c30-27(28-23-10-5-4-9-21(23)17-20-7-2-1-3-8-20)19-29-14-6-11-24(29)22-12-13-25-26(18-22)32-16-15-31-25/h1-5,7-10,12-13,18,24H,6,11,14-17,19H2,(H,28,30). The first-order valence-corrected chi connectivity index (χ1v) is 11.3. The molecule has 5 rings (SSSR count). The van der Waals surface area contributed by atoms with Crippen molar-refractivity contribution in [3.8, 4) is 11.5 Å². The summed E-state index contributed by atoms with van der Waals surface area (Å²) in [6, 6.07) is 24.8. The Morgan fingerprint density at radius 2 is 1.72 bits per heavy atom. The van der Waals surface area contributed by atoms with Crippen LogP contribution in [0.15, 0.2) is 72.8 Å². The molecular formula is C27H28N2O3. The number of carbonyl (C=O) groups is 1. The lowest BCUT2D eigenvalue weighted by molar-refractivity contribution is -0.117. The number of hydrogen-bond donors (Lipinski definition) is 1. The summed E-state index contributed by atoms with van der Waals surface area (Å²) in [5, 5.41) is 3.15. The Hall–Kier alpha value is -3.31. The van der Waals surface area contributed by atoms with Gasteiger partial charge in [0.05, 0.1) is 6.54 Å². The number of rotatable bonds is 6. The molecule has 2 heterocycles. The van der Waals surface area contributed by atoms with E-state index < -0.39 is 0 Å². The SMILES string of the molecule is O=C(CN1CCCC1c1ccc2c(c1)OCCO2)Nc1ccccc1Cc1ccccc1. The molecule has 2 aliphatic heterocycles. The highest BCUT2D eigenvalue weighted by Gasteiger charge is 2.29. The highest BCUT2D eigenvalue weighted by atomic mass is 16.6. The third kappa shape index (κ3) is 4.63. The van der Waals surface area contributed by atoms with Crippen molar-refractivity contribution in [1.29, 1.82) is 0 Å². The molecule has 0 aromatic heterocycles. The molecule has 0 saturated carbocycles. The average Bonchev–Trinajstić information content (AvgIpc) is 3.28. The molecule has 0 bridgehead atoms. The molecule has 32 heavy (non-hydrogen) atoms. The fourth-order valence-corrected chi connectivity index (χ4v) is 4.65. The van der Waals surface area contributed by atoms with Gasteiger partial charge in [-0.05, 0) is 60.7 Å². The number of likely N-dealkylation sites (tertiary alicyclic amines) is 1. The van der Waals surface area contributed by atoms with Gasteiger partial charge in [0.15, 0.2) is 11.5 Å². The van der Waals surface area contributed by atoms with E-state index in [1.807, 2.05) is 42.5 Å². The Balaban J connectivity index is 1.26. The van der Waals surface area contributed by atoms with Crippen LogP contribution in [0.3, 0.4) is 0 Å². The Kier molecular flexibility index (Phi) is 6.08. The molecule has 164 valence electrons. The smallest absolute Gasteiger partial charge is 0.238 e. The normalized spacial score (nSPS) is 17.8. The summed E-state index contributed by atoms with van der Waals surface area (Å²) >= 11 is 0. The first-order valence-electron chi connectivity index (χ1n) is 11.3. The predicted molar refractivity (Wildman–Crippen MR) is 125 cm³/mol. The zero-order valence-electron chi connectivity index (χ0n) is 18.1. The maximum atomic E-state index is 13.0. The number of nitrogens with zero attached hydrogens (tertiary/aromatic N) is 1. The monoisotopic (exact) mass is 428 g/mol. The molecule has 0 radical (unpaired) electrons. The van der Waals surface area contributed by atoms with Gasteiger partial charge >= 0.3 is 0 Å². The second-order valence-electron chi connectivity index (χ2n) is 8.40. The molecule has 5 nitrogen and oxygen atoms in total. The van der Waals surface area contributed by atoms with Crippen LogP contribution in [0, 0.1) is 0 Å². The van der Waals surface area contributed by atoms with Gasteiger partial charge in [0.2, 0.25) is 5.91 Å². The van der Waals surface area contributed by atoms with Gasteiger partial charge in [0.25, 0.3) is 0 Å². The van der Waals surface area contributed by atoms with Crippen molar-refractivity contribution in [2.75, 3.05) is 31.6 Å². The molecule has 1 atom stereocenters. The Bertz CT molecular complexity index is 1080. The molecule has 1 N–H and O–H groups in total. The number of amides is 1. The van der Waals surface area contributed by atoms with Crippen LogP contribution in [-0.4, -0.2) is 37.1 Å². The Morgan fingerprint density at radius 3 is 2.59 bits per heavy atom. The number of carbonyl (C=O) groups excluding carboxylic acids is 1. The van der Waals surface area contributed by atoms with E-state index in [9.17, 15) is 4.79 Å². The topological polar surface area (TPSA) is 50.8 Å². The molecule has 1 amide bonds. The van der Waals surface area contributed by atoms with Crippen LogP contribution in [0.5, 0.6) is 11.5 Å². The third-order valence-corrected chi connectivity index (χ3v) is 6.19. The summed E-state index contributed by atoms with van der Waals surface area (Å²) in [5.74, 6) is 1.63. The fraction of sp³-hybridized carbons (Fsp3) is 0.296. The van der Waals surface area contributed by atoms with Crippen molar-refractivity contribution < 1.29 is 14.3 Å². The Morgan fingerprint density at radius 1 is 0.938 bits per heavy atom. The minimum Gasteiger partial charge on any atom is -0.486 e. The quantitative estimate of drug-likeness (QED) is 0.611. The third-order valence-electron chi connectivity index (χ3n) is 6.19. The summed E-state index contributed by atoms with van der Waals surface area (Å²) in [5.41, 5.74) is 4.42. The molecular weight excluding hydrogens is 400 g/mol. The summed E-state index contributed by atoms with van der Waals surface area (Å²) in [7, 11) is 0. The number of fused-ring (bicyclic) bond motifs is 1. The van der Waals surface area contributed by atoms with Crippen molar-refractivity contribution >= 4 is 11.6 Å². The second-order valence-corrected chi connectivity index (χ2v) is 8.40. The van der Waals surface area contributed by atoms with Crippen molar-refractivity contribution in [1.82, 2.24) is 4.90 Å². The lowest BCUT2D eigenvalue weighted by atomic mass is 10.0. The number of para-hydroxylation sites is 1. The van der Waals surface area contributed by atoms with Crippen LogP contribution in [0.4, 0.5) is 5.69 Å². The molecule has 1 fully saturated rings. The zero-order valence-corrected chi connectivity index (χ0v) is 18.1. The molecule has 1 saturated heterocycles. The number of nitrogens with one attached hydrogen (secondary N) is 1. The molecule has 1 unspecified atom stereocenters. The lowest BCUT2D eigenvalue weighted by Gasteiger charge is -2.26. The van der Waals surface area contributed by atoms with Gasteiger partial charge in [-0.15, -0.1) is 0 Å². The van der Waals surface area contributed by atoms with E-state index in [1.165, 1.54) is 11.1 Å². The molecule has 5 heteroatoms. The summed E-state index contributed by atoms with van der Waals surface area (Å²) < 4.78 is 11.4. The van der Waals surface area contributed by atoms with E-state index in [4.69, 9.17) is 9.47 Å². The van der Waals surface area contributed by atoms with E-state index in [2.05, 4.69) is 40.5 Å². The second kappa shape index (κ2) is 9.45. The first-order chi connectivity index (χ1) is 15.8. The number of benzene rings is 3. The average molecular weight is 429 g/mol. The maximum absolute atomic E-state index is 13.0. The highest BCUT2D eigenvalue weighted by molar-refractivity contribution is 5.93. The zero-order chi connectivity index (χ0) is 21.8. The lowest BCUT2D eigenvalue weighted by Crippen LogP contribution is -2.33. The summed E-state index contributed by atoms with van der Waals surface area (Å²) in [6.45, 7) is 2.46. The van der Waals surface area contributed by atoms with Crippen LogP contribution >= 0.6 is 0 Å². The van der Waals surface area contributed by atoms with E-state index in [-0.39, 0.29) is 11.9 Å². The largest absolute Gasteiger partial charge is 0.486 e. The van der Waals surface area contributed by atoms with Crippen molar-refractivity contribution in [2.45, 2.75) is 25.3 Å². The fourth-order valence-electron chi connectivity index (χ4n) is 4.65. The number of ether oxygens (including phenoxy) is 2. The van der Waals surface area contributed by atoms with E-state index in [1.54, 1.807) is 0 Å². The van der Waals surface area contributed by atoms with Gasteiger partial charge in [0, 0.05) is 11.7 Å². The molecule has 3 aromatic rings. The van der Waals surface area contributed by atoms with Gasteiger partial charge < -0.3 is 14.8 Å². The van der Waals surface area contributed by atoms with Crippen LogP contribution in [0.1, 0.15) is 35.6 Å². The van der Waals surface area contributed by atoms with Gasteiger partial charge in [-0.25, -0.2) is 0 Å². The van der Waals surface area contributed by atoms with E-state index >= 15 is 0 Å².